The number of ether oxygens (including phenoxy) is 1. The molecule has 0 radical (unpaired) electrons. The largest absolute Gasteiger partial charge is 0.444 e. The summed E-state index contributed by atoms with van der Waals surface area (Å²) >= 11 is 0. The van der Waals surface area contributed by atoms with Gasteiger partial charge in [-0.1, -0.05) is 31.0 Å². The molecule has 29 heavy (non-hydrogen) atoms. The molecule has 3 rings (SSSR count). The Labute approximate surface area is 171 Å². The highest BCUT2D eigenvalue weighted by atomic mass is 19.1. The summed E-state index contributed by atoms with van der Waals surface area (Å²) in [4.78, 5) is 27.4. The molecule has 0 unspecified atom stereocenters. The first-order valence-electron chi connectivity index (χ1n) is 10.3. The zero-order valence-corrected chi connectivity index (χ0v) is 17.4. The fourth-order valence-electron chi connectivity index (χ4n) is 4.51. The van der Waals surface area contributed by atoms with E-state index < -0.39 is 29.0 Å². The second kappa shape index (κ2) is 8.30. The molecule has 7 heteroatoms. The van der Waals surface area contributed by atoms with Crippen LogP contribution in [-0.2, 0) is 9.53 Å². The minimum absolute atomic E-state index is 0.0642. The van der Waals surface area contributed by atoms with Gasteiger partial charge in [-0.3, -0.25) is 4.79 Å². The monoisotopic (exact) mass is 406 g/mol. The molecule has 1 aliphatic carbocycles. The van der Waals surface area contributed by atoms with Gasteiger partial charge in [0.2, 0.25) is 5.91 Å². The number of amides is 2. The highest BCUT2D eigenvalue weighted by Gasteiger charge is 2.54. The number of hydrogen-bond donors (Lipinski definition) is 2. The van der Waals surface area contributed by atoms with Crippen molar-refractivity contribution < 1.29 is 23.8 Å². The van der Waals surface area contributed by atoms with Crippen LogP contribution in [0.3, 0.4) is 0 Å². The van der Waals surface area contributed by atoms with Gasteiger partial charge in [0, 0.05) is 25.2 Å². The van der Waals surface area contributed by atoms with Gasteiger partial charge < -0.3 is 20.1 Å². The van der Waals surface area contributed by atoms with E-state index in [2.05, 4.69) is 5.32 Å². The van der Waals surface area contributed by atoms with Gasteiger partial charge >= 0.3 is 6.09 Å². The standard InChI is InChI=1S/C22H31FN2O4/c1-21(2,3)29-20(28)25-13-15-8-6-7-11-22(15,14-25)19(27)24-12-18(26)16-9-4-5-10-17(16)23/h4-5,9-10,15,18,26H,6-8,11-14H2,1-3H3,(H,24,27)/t15-,18-,22+/m0/s1. The first-order chi connectivity index (χ1) is 13.6. The lowest BCUT2D eigenvalue weighted by Gasteiger charge is -2.37. The molecule has 1 heterocycles. The van der Waals surface area contributed by atoms with E-state index in [1.807, 2.05) is 20.8 Å². The summed E-state index contributed by atoms with van der Waals surface area (Å²) < 4.78 is 19.4. The van der Waals surface area contributed by atoms with Gasteiger partial charge in [0.1, 0.15) is 11.4 Å². The molecule has 1 aromatic carbocycles. The maximum atomic E-state index is 13.9. The van der Waals surface area contributed by atoms with Crippen LogP contribution in [-0.4, -0.2) is 47.2 Å². The van der Waals surface area contributed by atoms with Crippen LogP contribution in [0.4, 0.5) is 9.18 Å². The number of aliphatic hydroxyl groups is 1. The van der Waals surface area contributed by atoms with E-state index in [1.165, 1.54) is 12.1 Å². The van der Waals surface area contributed by atoms with Crippen molar-refractivity contribution in [1.82, 2.24) is 10.2 Å². The van der Waals surface area contributed by atoms with Crippen molar-refractivity contribution in [2.45, 2.75) is 58.2 Å². The molecule has 1 saturated heterocycles. The molecule has 1 aromatic rings. The number of halogens is 1. The number of carbonyl (C=O) groups is 2. The fourth-order valence-corrected chi connectivity index (χ4v) is 4.51. The van der Waals surface area contributed by atoms with Crippen LogP contribution >= 0.6 is 0 Å². The second-order valence-electron chi connectivity index (χ2n) is 9.21. The number of benzene rings is 1. The Morgan fingerprint density at radius 2 is 2.07 bits per heavy atom. The average Bonchev–Trinajstić information content (AvgIpc) is 3.06. The van der Waals surface area contributed by atoms with Gasteiger partial charge in [0.05, 0.1) is 11.5 Å². The van der Waals surface area contributed by atoms with Gasteiger partial charge in [-0.15, -0.1) is 0 Å². The molecule has 0 bridgehead atoms. The Morgan fingerprint density at radius 3 is 2.76 bits per heavy atom. The Morgan fingerprint density at radius 1 is 1.34 bits per heavy atom. The lowest BCUT2D eigenvalue weighted by Crippen LogP contribution is -2.49. The third kappa shape index (κ3) is 4.71. The van der Waals surface area contributed by atoms with E-state index in [1.54, 1.807) is 17.0 Å². The van der Waals surface area contributed by atoms with Crippen molar-refractivity contribution in [2.75, 3.05) is 19.6 Å². The number of carbonyl (C=O) groups excluding carboxylic acids is 2. The molecule has 1 aliphatic heterocycles. The summed E-state index contributed by atoms with van der Waals surface area (Å²) in [6, 6.07) is 5.99. The second-order valence-corrected chi connectivity index (χ2v) is 9.21. The van der Waals surface area contributed by atoms with Gasteiger partial charge in [0.25, 0.3) is 0 Å². The topological polar surface area (TPSA) is 78.9 Å². The minimum Gasteiger partial charge on any atom is -0.444 e. The molecule has 3 atom stereocenters. The summed E-state index contributed by atoms with van der Waals surface area (Å²) in [6.45, 7) is 6.20. The third-order valence-corrected chi connectivity index (χ3v) is 5.94. The van der Waals surface area contributed by atoms with Crippen molar-refractivity contribution >= 4 is 12.0 Å². The highest BCUT2D eigenvalue weighted by molar-refractivity contribution is 5.85. The summed E-state index contributed by atoms with van der Waals surface area (Å²) in [5.74, 6) is -0.613. The van der Waals surface area contributed by atoms with Crippen LogP contribution in [0.5, 0.6) is 0 Å². The molecule has 6 nitrogen and oxygen atoms in total. The highest BCUT2D eigenvalue weighted by Crippen LogP contribution is 2.47. The van der Waals surface area contributed by atoms with Crippen molar-refractivity contribution in [3.8, 4) is 0 Å². The van der Waals surface area contributed by atoms with E-state index >= 15 is 0 Å². The predicted molar refractivity (Wildman–Crippen MR) is 107 cm³/mol. The van der Waals surface area contributed by atoms with Crippen molar-refractivity contribution in [3.05, 3.63) is 35.6 Å². The third-order valence-electron chi connectivity index (χ3n) is 5.94. The van der Waals surface area contributed by atoms with Crippen LogP contribution in [0.1, 0.15) is 58.1 Å². The summed E-state index contributed by atoms with van der Waals surface area (Å²) in [5, 5.41) is 13.1. The Kier molecular flexibility index (Phi) is 6.17. The van der Waals surface area contributed by atoms with Crippen LogP contribution in [0.15, 0.2) is 24.3 Å². The number of nitrogens with zero attached hydrogens (tertiary/aromatic N) is 1. The van der Waals surface area contributed by atoms with Gasteiger partial charge in [-0.05, 0) is 45.6 Å². The lowest BCUT2D eigenvalue weighted by molar-refractivity contribution is -0.134. The van der Waals surface area contributed by atoms with E-state index in [9.17, 15) is 19.1 Å². The molecule has 0 spiro atoms. The molecule has 2 fully saturated rings. The summed E-state index contributed by atoms with van der Waals surface area (Å²) in [7, 11) is 0. The van der Waals surface area contributed by atoms with Gasteiger partial charge in [-0.25, -0.2) is 9.18 Å². The zero-order chi connectivity index (χ0) is 21.2. The lowest BCUT2D eigenvalue weighted by atomic mass is 9.67. The smallest absolute Gasteiger partial charge is 0.410 e. The number of hydrogen-bond acceptors (Lipinski definition) is 4. The first-order valence-corrected chi connectivity index (χ1v) is 10.3. The van der Waals surface area contributed by atoms with E-state index in [0.717, 1.165) is 19.3 Å². The van der Waals surface area contributed by atoms with E-state index in [-0.39, 0.29) is 23.9 Å². The fraction of sp³-hybridized carbons (Fsp3) is 0.636. The number of rotatable bonds is 4. The summed E-state index contributed by atoms with van der Waals surface area (Å²) in [6.07, 6.45) is 2.00. The Bertz CT molecular complexity index is 763. The van der Waals surface area contributed by atoms with Crippen molar-refractivity contribution in [2.24, 2.45) is 11.3 Å². The average molecular weight is 406 g/mol. The molecule has 2 amide bonds. The predicted octanol–water partition coefficient (Wildman–Crippen LogP) is 3.40. The molecule has 2 N–H and O–H groups in total. The molecular weight excluding hydrogens is 375 g/mol. The number of likely N-dealkylation sites (tertiary alicyclic amines) is 1. The summed E-state index contributed by atoms with van der Waals surface area (Å²) in [5.41, 5.74) is -1.11. The van der Waals surface area contributed by atoms with Gasteiger partial charge in [0.15, 0.2) is 0 Å². The van der Waals surface area contributed by atoms with Crippen LogP contribution < -0.4 is 5.32 Å². The Balaban J connectivity index is 1.68. The molecule has 1 saturated carbocycles. The SMILES string of the molecule is CC(C)(C)OC(=O)N1C[C@@H]2CCCC[C@@]2(C(=O)NC[C@H](O)c2ccccc2F)C1. The number of aliphatic hydroxyl groups excluding tert-OH is 1. The molecule has 2 aliphatic rings. The van der Waals surface area contributed by atoms with Crippen LogP contribution in [0.2, 0.25) is 0 Å². The Hall–Kier alpha value is -2.15. The number of fused-ring (bicyclic) bond motifs is 1. The van der Waals surface area contributed by atoms with Crippen LogP contribution in [0.25, 0.3) is 0 Å². The van der Waals surface area contributed by atoms with E-state index in [4.69, 9.17) is 4.74 Å². The van der Waals surface area contributed by atoms with Gasteiger partial charge in [-0.2, -0.15) is 0 Å². The quantitative estimate of drug-likeness (QED) is 0.803. The maximum Gasteiger partial charge on any atom is 0.410 e. The molecule has 160 valence electrons. The van der Waals surface area contributed by atoms with Crippen LogP contribution in [0, 0.1) is 17.2 Å². The maximum absolute atomic E-state index is 13.9. The zero-order valence-electron chi connectivity index (χ0n) is 17.4. The first kappa shape index (κ1) is 21.6. The number of nitrogens with one attached hydrogen (secondary N) is 1. The van der Waals surface area contributed by atoms with Crippen molar-refractivity contribution in [1.29, 1.82) is 0 Å². The van der Waals surface area contributed by atoms with E-state index in [0.29, 0.717) is 19.5 Å². The molecule has 0 aromatic heterocycles. The minimum atomic E-state index is -1.12. The molecular formula is C22H31FN2O4. The van der Waals surface area contributed by atoms with Crippen molar-refractivity contribution in [3.63, 3.8) is 0 Å². The normalized spacial score (nSPS) is 25.3.